The van der Waals surface area contributed by atoms with Crippen LogP contribution in [0.2, 0.25) is 0 Å². The molecule has 6 N–H and O–H groups in total. The average molecular weight is 1120 g/mol. The van der Waals surface area contributed by atoms with Gasteiger partial charge in [0.25, 0.3) is 0 Å². The first-order valence-electron chi connectivity index (χ1n) is 27.9. The van der Waals surface area contributed by atoms with Crippen molar-refractivity contribution >= 4 is 58.5 Å². The van der Waals surface area contributed by atoms with E-state index in [2.05, 4.69) is 41.9 Å². The van der Waals surface area contributed by atoms with Crippen molar-refractivity contribution in [3.8, 4) is 0 Å². The summed E-state index contributed by atoms with van der Waals surface area (Å²) < 4.78 is 56.4. The Balaban J connectivity index is 0.000000154. The molecule has 4 spiro atoms. The predicted molar refractivity (Wildman–Crippen MR) is 294 cm³/mol. The standard InChI is InChI=1S/2C31H29F2N5O3/c2*32-21-10-19(11-22(33)13-21)25-16-35-31(7-1-2-8-31)29(41)38(25)17-26(39)36-23-6-5-18-14-30(15-20(18)12-23)24-4-3-9-34-27(24)37-28(30)40/h2*3-6,9-13,25,35H,1-2,7-8,14-17H2,(H,36,39)(H,34,37,40)/t2*25-,30+/m00/s1. The number of hydrogen-bond acceptors (Lipinski definition) is 10. The van der Waals surface area contributed by atoms with E-state index in [-0.39, 0.29) is 36.7 Å². The molecule has 20 heteroatoms. The largest absolute Gasteiger partial charge is 0.325 e. The second-order valence-corrected chi connectivity index (χ2v) is 23.3. The highest BCUT2D eigenvalue weighted by Gasteiger charge is 2.54. The minimum Gasteiger partial charge on any atom is -0.325 e. The van der Waals surface area contributed by atoms with Gasteiger partial charge in [-0.1, -0.05) is 49.9 Å². The number of hydrogen-bond donors (Lipinski definition) is 6. The number of carbonyl (C=O) groups excluding carboxylic acids is 6. The second kappa shape index (κ2) is 20.3. The summed E-state index contributed by atoms with van der Waals surface area (Å²) >= 11 is 0. The molecule has 420 valence electrons. The Bertz CT molecular complexity index is 3400. The van der Waals surface area contributed by atoms with Crippen molar-refractivity contribution in [2.75, 3.05) is 47.4 Å². The molecule has 0 bridgehead atoms. The van der Waals surface area contributed by atoms with Crippen molar-refractivity contribution in [3.05, 3.63) is 177 Å². The van der Waals surface area contributed by atoms with Crippen LogP contribution < -0.4 is 31.9 Å². The second-order valence-electron chi connectivity index (χ2n) is 23.3. The third kappa shape index (κ3) is 9.15. The predicted octanol–water partition coefficient (Wildman–Crippen LogP) is 7.55. The molecule has 2 saturated carbocycles. The number of rotatable bonds is 8. The highest BCUT2D eigenvalue weighted by atomic mass is 19.1. The Labute approximate surface area is 469 Å². The lowest BCUT2D eigenvalue weighted by molar-refractivity contribution is -0.147. The zero-order valence-corrected chi connectivity index (χ0v) is 44.6. The number of nitrogens with one attached hydrogen (secondary N) is 6. The highest BCUT2D eigenvalue weighted by Crippen LogP contribution is 2.49. The summed E-state index contributed by atoms with van der Waals surface area (Å²) in [4.78, 5) is 91.8. The van der Waals surface area contributed by atoms with Crippen LogP contribution in [0.5, 0.6) is 0 Å². The summed E-state index contributed by atoms with van der Waals surface area (Å²) in [5.41, 5.74) is 4.53. The van der Waals surface area contributed by atoms with Crippen LogP contribution in [0.1, 0.15) is 108 Å². The first-order chi connectivity index (χ1) is 39.5. The monoisotopic (exact) mass is 1110 g/mol. The van der Waals surface area contributed by atoms with E-state index in [1.807, 2.05) is 48.5 Å². The van der Waals surface area contributed by atoms with Gasteiger partial charge in [0, 0.05) is 60.1 Å². The number of aromatic nitrogens is 2. The van der Waals surface area contributed by atoms with Gasteiger partial charge in [-0.25, -0.2) is 27.5 Å². The van der Waals surface area contributed by atoms with E-state index < -0.39 is 69.1 Å². The van der Waals surface area contributed by atoms with Crippen molar-refractivity contribution < 1.29 is 46.3 Å². The molecule has 6 heterocycles. The first-order valence-corrected chi connectivity index (χ1v) is 27.9. The Morgan fingerprint density at radius 2 is 0.890 bits per heavy atom. The lowest BCUT2D eigenvalue weighted by atomic mass is 9.79. The average Bonchev–Trinajstić information content (AvgIpc) is 2.24. The van der Waals surface area contributed by atoms with Crippen molar-refractivity contribution in [2.45, 2.75) is 111 Å². The molecule has 2 aromatic heterocycles. The highest BCUT2D eigenvalue weighted by molar-refractivity contribution is 6.07. The molecule has 4 aliphatic heterocycles. The summed E-state index contributed by atoms with van der Waals surface area (Å²) in [5.74, 6) is -3.16. The van der Waals surface area contributed by atoms with Crippen LogP contribution in [0.25, 0.3) is 0 Å². The molecular formula is C62H58F4N10O6. The molecule has 4 fully saturated rings. The molecule has 6 amide bonds. The van der Waals surface area contributed by atoms with Gasteiger partial charge in [-0.05, 0) is 145 Å². The van der Waals surface area contributed by atoms with E-state index in [1.165, 1.54) is 34.1 Å². The maximum Gasteiger partial charge on any atom is 0.244 e. The van der Waals surface area contributed by atoms with Gasteiger partial charge in [0.15, 0.2) is 0 Å². The zero-order valence-electron chi connectivity index (χ0n) is 44.6. The lowest BCUT2D eigenvalue weighted by Gasteiger charge is -2.45. The molecule has 8 aliphatic rings. The number of anilines is 4. The van der Waals surface area contributed by atoms with Crippen molar-refractivity contribution in [1.29, 1.82) is 0 Å². The molecule has 2 saturated heterocycles. The summed E-state index contributed by atoms with van der Waals surface area (Å²) in [5, 5.41) is 18.3. The molecule has 6 aromatic rings. The molecule has 0 unspecified atom stereocenters. The number of fused-ring (bicyclic) bond motifs is 6. The van der Waals surface area contributed by atoms with E-state index in [1.54, 1.807) is 24.5 Å². The third-order valence-electron chi connectivity index (χ3n) is 18.4. The number of carbonyl (C=O) groups is 6. The SMILES string of the molecule is O=C(CN1C(=O)C2(CCCC2)NC[C@H]1c1cc(F)cc(F)c1)Nc1ccc2c(c1)C[C@@]1(C2)C(=O)Nc2ncccc21.O=C(CN1C(=O)C2(CCCC2)NC[C@H]1c1cc(F)cc(F)c1)Nc1ccc2c(c1)C[C@@]1(C2)C(=O)Nc2ncccc21. The number of halogens is 4. The Kier molecular flexibility index (Phi) is 13.1. The fourth-order valence-electron chi connectivity index (χ4n) is 14.4. The van der Waals surface area contributed by atoms with Gasteiger partial charge in [0.05, 0.1) is 34.0 Å². The molecule has 16 nitrogen and oxygen atoms in total. The number of pyridine rings is 2. The van der Waals surface area contributed by atoms with E-state index >= 15 is 0 Å². The van der Waals surface area contributed by atoms with Gasteiger partial charge in [0.1, 0.15) is 48.0 Å². The minimum absolute atomic E-state index is 0.0779. The number of amides is 6. The van der Waals surface area contributed by atoms with Gasteiger partial charge in [-0.15, -0.1) is 0 Å². The zero-order chi connectivity index (χ0) is 56.7. The topological polar surface area (TPSA) is 207 Å². The number of benzene rings is 4. The molecule has 4 aromatic carbocycles. The minimum atomic E-state index is -0.752. The van der Waals surface area contributed by atoms with Crippen LogP contribution >= 0.6 is 0 Å². The van der Waals surface area contributed by atoms with Crippen LogP contribution in [-0.4, -0.2) is 92.5 Å². The quantitative estimate of drug-likeness (QED) is 0.0826. The smallest absolute Gasteiger partial charge is 0.244 e. The summed E-state index contributed by atoms with van der Waals surface area (Å²) in [7, 11) is 0. The van der Waals surface area contributed by atoms with Gasteiger partial charge in [-0.3, -0.25) is 28.8 Å². The summed E-state index contributed by atoms with van der Waals surface area (Å²) in [6.45, 7) is 0.0730. The van der Waals surface area contributed by atoms with Crippen LogP contribution in [0.4, 0.5) is 40.6 Å². The fourth-order valence-corrected chi connectivity index (χ4v) is 14.4. The summed E-state index contributed by atoms with van der Waals surface area (Å²) in [6.07, 6.45) is 11.6. The van der Waals surface area contributed by atoms with Crippen molar-refractivity contribution in [1.82, 2.24) is 30.4 Å². The maximum absolute atomic E-state index is 14.1. The normalized spacial score (nSPS) is 24.0. The van der Waals surface area contributed by atoms with Crippen LogP contribution in [0.3, 0.4) is 0 Å². The van der Waals surface area contributed by atoms with Crippen LogP contribution in [0.15, 0.2) is 109 Å². The molecular weight excluding hydrogens is 1060 g/mol. The van der Waals surface area contributed by atoms with E-state index in [4.69, 9.17) is 0 Å². The van der Waals surface area contributed by atoms with Crippen molar-refractivity contribution in [2.24, 2.45) is 0 Å². The number of piperazine rings is 2. The van der Waals surface area contributed by atoms with Gasteiger partial charge < -0.3 is 41.7 Å². The Hall–Kier alpha value is -8.36. The lowest BCUT2D eigenvalue weighted by Crippen LogP contribution is -2.64. The summed E-state index contributed by atoms with van der Waals surface area (Å²) in [6, 6.07) is 23.7. The van der Waals surface area contributed by atoms with Crippen molar-refractivity contribution in [3.63, 3.8) is 0 Å². The molecule has 4 aliphatic carbocycles. The molecule has 4 atom stereocenters. The Morgan fingerprint density at radius 3 is 1.28 bits per heavy atom. The van der Waals surface area contributed by atoms with Crippen LogP contribution in [0, 0.1) is 23.3 Å². The molecule has 0 radical (unpaired) electrons. The van der Waals surface area contributed by atoms with Crippen LogP contribution in [-0.2, 0) is 65.3 Å². The van der Waals surface area contributed by atoms with Gasteiger partial charge >= 0.3 is 0 Å². The molecule has 14 rings (SSSR count). The first kappa shape index (κ1) is 53.0. The van der Waals surface area contributed by atoms with E-state index in [9.17, 15) is 46.3 Å². The third-order valence-corrected chi connectivity index (χ3v) is 18.4. The van der Waals surface area contributed by atoms with E-state index in [0.717, 1.165) is 71.2 Å². The van der Waals surface area contributed by atoms with Gasteiger partial charge in [-0.2, -0.15) is 0 Å². The fraction of sp³-hybridized carbons (Fsp3) is 0.355. The Morgan fingerprint density at radius 1 is 0.512 bits per heavy atom. The number of nitrogens with zero attached hydrogens (tertiary/aromatic N) is 4. The van der Waals surface area contributed by atoms with Gasteiger partial charge in [0.2, 0.25) is 35.4 Å². The van der Waals surface area contributed by atoms with E-state index in [0.29, 0.717) is 98.6 Å². The molecule has 82 heavy (non-hydrogen) atoms. The maximum atomic E-state index is 14.1.